The van der Waals surface area contributed by atoms with Crippen LogP contribution in [0.5, 0.6) is 0 Å². The molecule has 9 heteroatoms. The first-order valence-electron chi connectivity index (χ1n) is 8.87. The lowest BCUT2D eigenvalue weighted by Gasteiger charge is -2.32. The monoisotopic (exact) mass is 455 g/mol. The van der Waals surface area contributed by atoms with Crippen LogP contribution in [0.1, 0.15) is 11.5 Å². The third kappa shape index (κ3) is 4.71. The molecule has 1 saturated heterocycles. The standard InChI is InChI=1S/C20H20Cl3N3O3/c1-24(16-8-14(22)7-15(23)9-16)19(27)25(2)18-11-26(20(28)29)10-17(18)12-3-5-13(21)6-4-12/h3-9,17-18H,10-11H2,1-2H3,(H,28,29)/t17-,18+/m0/s1. The minimum absolute atomic E-state index is 0.173. The molecule has 0 spiro atoms. The molecule has 0 saturated carbocycles. The Labute approximate surface area is 184 Å². The first-order chi connectivity index (χ1) is 13.7. The van der Waals surface area contributed by atoms with Crippen LogP contribution in [0.25, 0.3) is 0 Å². The van der Waals surface area contributed by atoms with Gasteiger partial charge in [0.1, 0.15) is 0 Å². The number of carboxylic acid groups (broad SMARTS) is 1. The predicted molar refractivity (Wildman–Crippen MR) is 116 cm³/mol. The van der Waals surface area contributed by atoms with Crippen molar-refractivity contribution in [1.82, 2.24) is 9.80 Å². The molecule has 1 heterocycles. The normalized spacial score (nSPS) is 18.6. The van der Waals surface area contributed by atoms with Gasteiger partial charge in [0.05, 0.1) is 6.04 Å². The molecule has 0 unspecified atom stereocenters. The van der Waals surface area contributed by atoms with Gasteiger partial charge in [-0.15, -0.1) is 0 Å². The van der Waals surface area contributed by atoms with Gasteiger partial charge in [-0.2, -0.15) is 0 Å². The molecular weight excluding hydrogens is 437 g/mol. The van der Waals surface area contributed by atoms with E-state index in [-0.39, 0.29) is 24.5 Å². The van der Waals surface area contributed by atoms with E-state index in [0.717, 1.165) is 5.56 Å². The molecule has 1 fully saturated rings. The van der Waals surface area contributed by atoms with Crippen LogP contribution in [0.15, 0.2) is 42.5 Å². The number of likely N-dealkylation sites (N-methyl/N-ethyl adjacent to an activating group) is 1. The number of likely N-dealkylation sites (tertiary alicyclic amines) is 1. The molecule has 154 valence electrons. The quantitative estimate of drug-likeness (QED) is 0.683. The van der Waals surface area contributed by atoms with E-state index in [4.69, 9.17) is 34.8 Å². The van der Waals surface area contributed by atoms with Crippen LogP contribution >= 0.6 is 34.8 Å². The maximum absolute atomic E-state index is 13.1. The Kier molecular flexibility index (Phi) is 6.46. The summed E-state index contributed by atoms with van der Waals surface area (Å²) >= 11 is 18.1. The fraction of sp³-hybridized carbons (Fsp3) is 0.300. The number of anilines is 1. The average Bonchev–Trinajstić information content (AvgIpc) is 3.11. The van der Waals surface area contributed by atoms with Crippen molar-refractivity contribution in [3.8, 4) is 0 Å². The van der Waals surface area contributed by atoms with Gasteiger partial charge in [0, 0.05) is 53.9 Å². The third-order valence-electron chi connectivity index (χ3n) is 5.18. The van der Waals surface area contributed by atoms with Gasteiger partial charge in [-0.05, 0) is 35.9 Å². The fourth-order valence-corrected chi connectivity index (χ4v) is 4.24. The zero-order valence-corrected chi connectivity index (χ0v) is 18.1. The summed E-state index contributed by atoms with van der Waals surface area (Å²) in [5.74, 6) is -0.173. The van der Waals surface area contributed by atoms with E-state index >= 15 is 0 Å². The van der Waals surface area contributed by atoms with Crippen molar-refractivity contribution in [2.75, 3.05) is 32.1 Å². The number of carbonyl (C=O) groups is 2. The van der Waals surface area contributed by atoms with Crippen molar-refractivity contribution in [3.63, 3.8) is 0 Å². The number of urea groups is 1. The Morgan fingerprint density at radius 2 is 1.55 bits per heavy atom. The van der Waals surface area contributed by atoms with E-state index in [1.165, 1.54) is 9.80 Å². The molecule has 1 N–H and O–H groups in total. The van der Waals surface area contributed by atoms with Gasteiger partial charge in [-0.3, -0.25) is 4.90 Å². The maximum Gasteiger partial charge on any atom is 0.407 e. The fourth-order valence-electron chi connectivity index (χ4n) is 3.59. The van der Waals surface area contributed by atoms with Crippen LogP contribution in [0.4, 0.5) is 15.3 Å². The van der Waals surface area contributed by atoms with Crippen LogP contribution in [-0.2, 0) is 0 Å². The number of rotatable bonds is 3. The summed E-state index contributed by atoms with van der Waals surface area (Å²) in [6.07, 6.45) is -1.01. The molecule has 6 nitrogen and oxygen atoms in total. The predicted octanol–water partition coefficient (Wildman–Crippen LogP) is 5.28. The Hall–Kier alpha value is -2.15. The number of benzene rings is 2. The summed E-state index contributed by atoms with van der Waals surface area (Å²) in [5, 5.41) is 10.9. The second-order valence-electron chi connectivity index (χ2n) is 6.99. The summed E-state index contributed by atoms with van der Waals surface area (Å²) in [5.41, 5.74) is 1.48. The summed E-state index contributed by atoms with van der Waals surface area (Å²) in [7, 11) is 3.30. The van der Waals surface area contributed by atoms with Gasteiger partial charge >= 0.3 is 12.1 Å². The van der Waals surface area contributed by atoms with Crippen molar-refractivity contribution < 1.29 is 14.7 Å². The SMILES string of the molecule is CN(C(=O)N(C)[C@@H]1CN(C(=O)O)C[C@H]1c1ccc(Cl)cc1)c1cc(Cl)cc(Cl)c1. The minimum atomic E-state index is -1.01. The van der Waals surface area contributed by atoms with Gasteiger partial charge in [-0.1, -0.05) is 46.9 Å². The van der Waals surface area contributed by atoms with Crippen molar-refractivity contribution in [3.05, 3.63) is 63.1 Å². The first kappa shape index (κ1) is 21.6. The van der Waals surface area contributed by atoms with Gasteiger partial charge in [-0.25, -0.2) is 9.59 Å². The van der Waals surface area contributed by atoms with Gasteiger partial charge < -0.3 is 14.9 Å². The van der Waals surface area contributed by atoms with E-state index in [0.29, 0.717) is 27.3 Å². The topological polar surface area (TPSA) is 64.1 Å². The molecule has 0 radical (unpaired) electrons. The van der Waals surface area contributed by atoms with Crippen LogP contribution in [-0.4, -0.2) is 60.3 Å². The third-order valence-corrected chi connectivity index (χ3v) is 5.87. The largest absolute Gasteiger partial charge is 0.465 e. The number of amides is 3. The molecular formula is C20H20Cl3N3O3. The number of hydrogen-bond acceptors (Lipinski definition) is 2. The Balaban J connectivity index is 1.87. The van der Waals surface area contributed by atoms with Crippen LogP contribution < -0.4 is 4.90 Å². The first-order valence-corrected chi connectivity index (χ1v) is 10.0. The van der Waals surface area contributed by atoms with E-state index in [9.17, 15) is 14.7 Å². The highest BCUT2D eigenvalue weighted by Gasteiger charge is 2.40. The van der Waals surface area contributed by atoms with Crippen LogP contribution in [0.3, 0.4) is 0 Å². The van der Waals surface area contributed by atoms with Gasteiger partial charge in [0.25, 0.3) is 0 Å². The number of hydrogen-bond donors (Lipinski definition) is 1. The molecule has 0 aliphatic carbocycles. The highest BCUT2D eigenvalue weighted by Crippen LogP contribution is 2.33. The van der Waals surface area contributed by atoms with E-state index < -0.39 is 6.09 Å². The summed E-state index contributed by atoms with van der Waals surface area (Å²) in [4.78, 5) is 29.0. The van der Waals surface area contributed by atoms with Gasteiger partial charge in [0.15, 0.2) is 0 Å². The number of nitrogens with zero attached hydrogens (tertiary/aromatic N) is 3. The molecule has 2 aromatic rings. The van der Waals surface area contributed by atoms with E-state index in [1.807, 2.05) is 12.1 Å². The number of halogens is 3. The molecule has 1 aliphatic rings. The summed E-state index contributed by atoms with van der Waals surface area (Å²) in [6, 6.07) is 11.5. The second-order valence-corrected chi connectivity index (χ2v) is 8.30. The lowest BCUT2D eigenvalue weighted by molar-refractivity contribution is 0.150. The smallest absolute Gasteiger partial charge is 0.407 e. The second kappa shape index (κ2) is 8.69. The molecule has 0 bridgehead atoms. The van der Waals surface area contributed by atoms with E-state index in [1.54, 1.807) is 49.3 Å². The Morgan fingerprint density at radius 3 is 2.10 bits per heavy atom. The van der Waals surface area contributed by atoms with Crippen molar-refractivity contribution in [2.24, 2.45) is 0 Å². The zero-order valence-electron chi connectivity index (χ0n) is 15.8. The van der Waals surface area contributed by atoms with E-state index in [2.05, 4.69) is 0 Å². The lowest BCUT2D eigenvalue weighted by Crippen LogP contribution is -2.47. The van der Waals surface area contributed by atoms with Crippen molar-refractivity contribution in [2.45, 2.75) is 12.0 Å². The maximum atomic E-state index is 13.1. The highest BCUT2D eigenvalue weighted by molar-refractivity contribution is 6.35. The minimum Gasteiger partial charge on any atom is -0.465 e. The molecule has 29 heavy (non-hydrogen) atoms. The van der Waals surface area contributed by atoms with Crippen molar-refractivity contribution in [1.29, 1.82) is 0 Å². The molecule has 2 atom stereocenters. The average molecular weight is 457 g/mol. The highest BCUT2D eigenvalue weighted by atomic mass is 35.5. The van der Waals surface area contributed by atoms with Crippen LogP contribution in [0.2, 0.25) is 15.1 Å². The van der Waals surface area contributed by atoms with Crippen LogP contribution in [0, 0.1) is 0 Å². The van der Waals surface area contributed by atoms with Crippen molar-refractivity contribution >= 4 is 52.6 Å². The molecule has 3 rings (SSSR count). The Bertz CT molecular complexity index is 903. The zero-order chi connectivity index (χ0) is 21.3. The molecule has 2 aromatic carbocycles. The lowest BCUT2D eigenvalue weighted by atomic mass is 9.93. The Morgan fingerprint density at radius 1 is 0.966 bits per heavy atom. The van der Waals surface area contributed by atoms with Gasteiger partial charge in [0.2, 0.25) is 0 Å². The molecule has 0 aromatic heterocycles. The number of carbonyl (C=O) groups excluding carboxylic acids is 1. The summed E-state index contributed by atoms with van der Waals surface area (Å²) in [6.45, 7) is 0.515. The molecule has 3 amide bonds. The molecule has 1 aliphatic heterocycles. The summed E-state index contributed by atoms with van der Waals surface area (Å²) < 4.78 is 0.